The highest BCUT2D eigenvalue weighted by molar-refractivity contribution is 5.66. The van der Waals surface area contributed by atoms with E-state index in [1.807, 2.05) is 12.1 Å². The Morgan fingerprint density at radius 2 is 2.15 bits per heavy atom. The Labute approximate surface area is 120 Å². The number of carbonyl (C=O) groups is 1. The summed E-state index contributed by atoms with van der Waals surface area (Å²) in [6.45, 7) is 3.19. The lowest BCUT2D eigenvalue weighted by molar-refractivity contribution is -0.137. The van der Waals surface area contributed by atoms with Gasteiger partial charge in [-0.15, -0.1) is 0 Å². The maximum absolute atomic E-state index is 10.6. The van der Waals surface area contributed by atoms with Crippen LogP contribution >= 0.6 is 0 Å². The molecule has 4 heteroatoms. The molecular formula is C16H23NO3. The maximum Gasteiger partial charge on any atom is 0.303 e. The van der Waals surface area contributed by atoms with E-state index in [0.29, 0.717) is 12.3 Å². The monoisotopic (exact) mass is 277 g/mol. The SMILES string of the molecule is COc1ccc(CCN2CCC(CCC(=O)O)C2)cc1. The third-order valence-electron chi connectivity index (χ3n) is 4.01. The Bertz CT molecular complexity index is 430. The highest BCUT2D eigenvalue weighted by Crippen LogP contribution is 2.21. The van der Waals surface area contributed by atoms with E-state index in [9.17, 15) is 4.79 Å². The molecule has 1 aliphatic heterocycles. The van der Waals surface area contributed by atoms with Crippen LogP contribution in [0.3, 0.4) is 0 Å². The molecule has 1 heterocycles. The van der Waals surface area contributed by atoms with Crippen LogP contribution in [0.5, 0.6) is 5.75 Å². The van der Waals surface area contributed by atoms with Gasteiger partial charge in [0, 0.05) is 19.5 Å². The van der Waals surface area contributed by atoms with E-state index >= 15 is 0 Å². The van der Waals surface area contributed by atoms with Gasteiger partial charge >= 0.3 is 5.97 Å². The highest BCUT2D eigenvalue weighted by atomic mass is 16.5. The molecule has 0 amide bonds. The summed E-state index contributed by atoms with van der Waals surface area (Å²) in [6, 6.07) is 8.21. The summed E-state index contributed by atoms with van der Waals surface area (Å²) in [5, 5.41) is 8.71. The Hall–Kier alpha value is -1.55. The van der Waals surface area contributed by atoms with Gasteiger partial charge in [-0.25, -0.2) is 0 Å². The molecule has 20 heavy (non-hydrogen) atoms. The molecular weight excluding hydrogens is 254 g/mol. The van der Waals surface area contributed by atoms with Crippen LogP contribution in [0.25, 0.3) is 0 Å². The third-order valence-corrected chi connectivity index (χ3v) is 4.01. The topological polar surface area (TPSA) is 49.8 Å². The van der Waals surface area contributed by atoms with Crippen molar-refractivity contribution in [3.05, 3.63) is 29.8 Å². The molecule has 2 rings (SSSR count). The Morgan fingerprint density at radius 3 is 2.80 bits per heavy atom. The van der Waals surface area contributed by atoms with Crippen LogP contribution in [0, 0.1) is 5.92 Å². The number of aliphatic carboxylic acids is 1. The zero-order valence-electron chi connectivity index (χ0n) is 12.0. The lowest BCUT2D eigenvalue weighted by atomic mass is 10.0. The van der Waals surface area contributed by atoms with E-state index in [1.165, 1.54) is 5.56 Å². The van der Waals surface area contributed by atoms with Crippen LogP contribution in [0.2, 0.25) is 0 Å². The van der Waals surface area contributed by atoms with Gasteiger partial charge in [-0.1, -0.05) is 12.1 Å². The number of ether oxygens (including phenoxy) is 1. The molecule has 0 spiro atoms. The molecule has 1 aliphatic rings. The summed E-state index contributed by atoms with van der Waals surface area (Å²) < 4.78 is 5.15. The van der Waals surface area contributed by atoms with Crippen molar-refractivity contribution in [1.29, 1.82) is 0 Å². The first-order valence-electron chi connectivity index (χ1n) is 7.24. The number of methoxy groups -OCH3 is 1. The molecule has 0 aliphatic carbocycles. The van der Waals surface area contributed by atoms with Crippen molar-refractivity contribution >= 4 is 5.97 Å². The van der Waals surface area contributed by atoms with Gasteiger partial charge in [0.1, 0.15) is 5.75 Å². The minimum atomic E-state index is -0.679. The van der Waals surface area contributed by atoms with Gasteiger partial charge in [0.2, 0.25) is 0 Å². The molecule has 110 valence electrons. The Balaban J connectivity index is 1.70. The van der Waals surface area contributed by atoms with Gasteiger partial charge in [0.25, 0.3) is 0 Å². The van der Waals surface area contributed by atoms with E-state index in [-0.39, 0.29) is 0 Å². The predicted octanol–water partition coefficient (Wildman–Crippen LogP) is 2.42. The molecule has 0 radical (unpaired) electrons. The molecule has 1 unspecified atom stereocenters. The van der Waals surface area contributed by atoms with Gasteiger partial charge in [0.05, 0.1) is 7.11 Å². The summed E-state index contributed by atoms with van der Waals surface area (Å²) in [5.41, 5.74) is 1.32. The average molecular weight is 277 g/mol. The number of likely N-dealkylation sites (tertiary alicyclic amines) is 1. The van der Waals surface area contributed by atoms with Crippen LogP contribution in [0.1, 0.15) is 24.8 Å². The normalized spacial score (nSPS) is 19.1. The van der Waals surface area contributed by atoms with E-state index in [0.717, 1.165) is 44.6 Å². The lowest BCUT2D eigenvalue weighted by Crippen LogP contribution is -2.23. The van der Waals surface area contributed by atoms with E-state index in [4.69, 9.17) is 9.84 Å². The van der Waals surface area contributed by atoms with Crippen molar-refractivity contribution in [3.63, 3.8) is 0 Å². The zero-order valence-corrected chi connectivity index (χ0v) is 12.0. The fraction of sp³-hybridized carbons (Fsp3) is 0.562. The van der Waals surface area contributed by atoms with Crippen LogP contribution < -0.4 is 4.74 Å². The Kier molecular flexibility index (Phi) is 5.41. The number of carboxylic acids is 1. The second kappa shape index (κ2) is 7.29. The summed E-state index contributed by atoms with van der Waals surface area (Å²) in [5.74, 6) is 0.771. The van der Waals surface area contributed by atoms with Gasteiger partial charge < -0.3 is 14.7 Å². The van der Waals surface area contributed by atoms with E-state index < -0.39 is 5.97 Å². The van der Waals surface area contributed by atoms with Crippen LogP contribution in [-0.4, -0.2) is 42.7 Å². The molecule has 1 aromatic carbocycles. The molecule has 0 aromatic heterocycles. The summed E-state index contributed by atoms with van der Waals surface area (Å²) >= 11 is 0. The summed E-state index contributed by atoms with van der Waals surface area (Å²) in [4.78, 5) is 13.0. The molecule has 1 aromatic rings. The summed E-state index contributed by atoms with van der Waals surface area (Å²) in [7, 11) is 1.68. The zero-order chi connectivity index (χ0) is 14.4. The molecule has 1 fully saturated rings. The highest BCUT2D eigenvalue weighted by Gasteiger charge is 2.22. The molecule has 1 saturated heterocycles. The smallest absolute Gasteiger partial charge is 0.303 e. The number of benzene rings is 1. The first-order chi connectivity index (χ1) is 9.67. The van der Waals surface area contributed by atoms with Crippen molar-refractivity contribution in [1.82, 2.24) is 4.90 Å². The first kappa shape index (κ1) is 14.9. The maximum atomic E-state index is 10.6. The van der Waals surface area contributed by atoms with Crippen LogP contribution in [0.4, 0.5) is 0 Å². The van der Waals surface area contributed by atoms with Crippen molar-refractivity contribution in [2.24, 2.45) is 5.92 Å². The number of hydrogen-bond acceptors (Lipinski definition) is 3. The van der Waals surface area contributed by atoms with Gasteiger partial charge in [-0.2, -0.15) is 0 Å². The van der Waals surface area contributed by atoms with E-state index in [2.05, 4.69) is 17.0 Å². The summed E-state index contributed by atoms with van der Waals surface area (Å²) in [6.07, 6.45) is 3.29. The second-order valence-corrected chi connectivity index (χ2v) is 5.49. The second-order valence-electron chi connectivity index (χ2n) is 5.49. The van der Waals surface area contributed by atoms with E-state index in [1.54, 1.807) is 7.11 Å². The third kappa shape index (κ3) is 4.53. The van der Waals surface area contributed by atoms with Crippen molar-refractivity contribution < 1.29 is 14.6 Å². The van der Waals surface area contributed by atoms with Gasteiger partial charge in [-0.3, -0.25) is 4.79 Å². The minimum absolute atomic E-state index is 0.303. The van der Waals surface area contributed by atoms with Crippen molar-refractivity contribution in [2.75, 3.05) is 26.7 Å². The Morgan fingerprint density at radius 1 is 1.40 bits per heavy atom. The van der Waals surface area contributed by atoms with Crippen molar-refractivity contribution in [3.8, 4) is 5.75 Å². The number of rotatable bonds is 7. The van der Waals surface area contributed by atoms with Crippen LogP contribution in [-0.2, 0) is 11.2 Å². The fourth-order valence-corrected chi connectivity index (χ4v) is 2.76. The average Bonchev–Trinajstić information content (AvgIpc) is 2.91. The lowest BCUT2D eigenvalue weighted by Gasteiger charge is -2.15. The molecule has 1 N–H and O–H groups in total. The molecule has 0 bridgehead atoms. The number of hydrogen-bond donors (Lipinski definition) is 1. The predicted molar refractivity (Wildman–Crippen MR) is 78.1 cm³/mol. The van der Waals surface area contributed by atoms with Gasteiger partial charge in [-0.05, 0) is 49.4 Å². The fourth-order valence-electron chi connectivity index (χ4n) is 2.76. The minimum Gasteiger partial charge on any atom is -0.497 e. The molecule has 1 atom stereocenters. The van der Waals surface area contributed by atoms with Crippen molar-refractivity contribution in [2.45, 2.75) is 25.7 Å². The number of nitrogens with zero attached hydrogens (tertiary/aromatic N) is 1. The molecule has 0 saturated carbocycles. The first-order valence-corrected chi connectivity index (χ1v) is 7.24. The number of carboxylic acid groups (broad SMARTS) is 1. The van der Waals surface area contributed by atoms with Crippen LogP contribution in [0.15, 0.2) is 24.3 Å². The largest absolute Gasteiger partial charge is 0.497 e. The molecule has 4 nitrogen and oxygen atoms in total. The standard InChI is InChI=1S/C16H23NO3/c1-20-15-5-2-13(3-6-15)8-10-17-11-9-14(12-17)4-7-16(18)19/h2-3,5-6,14H,4,7-12H2,1H3,(H,18,19). The quantitative estimate of drug-likeness (QED) is 0.831. The van der Waals surface area contributed by atoms with Gasteiger partial charge in [0.15, 0.2) is 0 Å².